The van der Waals surface area contributed by atoms with Crippen LogP contribution in [0.4, 0.5) is 20.3 Å². The summed E-state index contributed by atoms with van der Waals surface area (Å²) in [4.78, 5) is 24.8. The van der Waals surface area contributed by atoms with Gasteiger partial charge in [0.1, 0.15) is 11.5 Å². The molecule has 2 fully saturated rings. The van der Waals surface area contributed by atoms with Crippen molar-refractivity contribution < 1.29 is 13.6 Å². The van der Waals surface area contributed by atoms with E-state index in [1.165, 1.54) is 6.08 Å². The van der Waals surface area contributed by atoms with Gasteiger partial charge in [0.2, 0.25) is 5.91 Å². The molecule has 1 amide bonds. The third-order valence-corrected chi connectivity index (χ3v) is 7.16. The van der Waals surface area contributed by atoms with Crippen molar-refractivity contribution >= 4 is 23.5 Å². The van der Waals surface area contributed by atoms with Crippen molar-refractivity contribution in [2.45, 2.75) is 45.2 Å². The van der Waals surface area contributed by atoms with Crippen LogP contribution in [-0.2, 0) is 4.79 Å². The SMILES string of the molecule is C=CC(=O)N1CCN([C@@H]2CN3c4cc(N(C)CCC(C)C)nc(C(F)F)c4C=CC[C@@H]23)CC1. The van der Waals surface area contributed by atoms with Crippen molar-refractivity contribution in [1.82, 2.24) is 14.8 Å². The van der Waals surface area contributed by atoms with Crippen molar-refractivity contribution in [1.29, 1.82) is 0 Å². The maximum absolute atomic E-state index is 14.0. The minimum atomic E-state index is -2.62. The minimum absolute atomic E-state index is 0.0163. The summed E-state index contributed by atoms with van der Waals surface area (Å²) in [5.74, 6) is 1.13. The van der Waals surface area contributed by atoms with E-state index >= 15 is 0 Å². The van der Waals surface area contributed by atoms with Crippen molar-refractivity contribution in [2.24, 2.45) is 5.92 Å². The molecule has 0 aromatic carbocycles. The summed E-state index contributed by atoms with van der Waals surface area (Å²) in [7, 11) is 1.93. The lowest BCUT2D eigenvalue weighted by Crippen LogP contribution is -2.69. The van der Waals surface area contributed by atoms with Gasteiger partial charge >= 0.3 is 0 Å². The molecule has 0 N–H and O–H groups in total. The number of aromatic nitrogens is 1. The molecule has 8 heteroatoms. The number of nitrogens with zero attached hydrogens (tertiary/aromatic N) is 5. The Labute approximate surface area is 195 Å². The maximum Gasteiger partial charge on any atom is 0.281 e. The molecule has 0 aliphatic carbocycles. The third-order valence-electron chi connectivity index (χ3n) is 7.16. The maximum atomic E-state index is 14.0. The highest BCUT2D eigenvalue weighted by molar-refractivity contribution is 5.87. The van der Waals surface area contributed by atoms with Gasteiger partial charge in [-0.3, -0.25) is 9.69 Å². The number of hydrogen-bond acceptors (Lipinski definition) is 5. The number of rotatable bonds is 7. The molecule has 0 bridgehead atoms. The first kappa shape index (κ1) is 23.7. The van der Waals surface area contributed by atoms with E-state index in [0.717, 1.165) is 44.7 Å². The molecule has 3 aliphatic heterocycles. The Balaban J connectivity index is 1.54. The van der Waals surface area contributed by atoms with E-state index in [0.29, 0.717) is 36.4 Å². The van der Waals surface area contributed by atoms with Crippen molar-refractivity contribution in [3.05, 3.63) is 36.1 Å². The van der Waals surface area contributed by atoms with Gasteiger partial charge in [-0.05, 0) is 24.8 Å². The Bertz CT molecular complexity index is 910. The van der Waals surface area contributed by atoms with Gasteiger partial charge in [-0.25, -0.2) is 13.8 Å². The van der Waals surface area contributed by atoms with Crippen LogP contribution in [0.15, 0.2) is 24.8 Å². The first-order valence-electron chi connectivity index (χ1n) is 11.9. The molecule has 1 aromatic rings. The summed E-state index contributed by atoms with van der Waals surface area (Å²) >= 11 is 0. The number of carbonyl (C=O) groups excluding carboxylic acids is 1. The van der Waals surface area contributed by atoms with E-state index in [1.54, 1.807) is 0 Å². The number of anilines is 2. The average molecular weight is 460 g/mol. The third kappa shape index (κ3) is 4.76. The van der Waals surface area contributed by atoms with Crippen LogP contribution in [0.5, 0.6) is 0 Å². The van der Waals surface area contributed by atoms with Gasteiger partial charge < -0.3 is 14.7 Å². The van der Waals surface area contributed by atoms with Crippen molar-refractivity contribution in [2.75, 3.05) is 56.1 Å². The van der Waals surface area contributed by atoms with E-state index < -0.39 is 6.43 Å². The molecular formula is C25H35F2N5O. The van der Waals surface area contributed by atoms with Gasteiger partial charge in [-0.2, -0.15) is 0 Å². The van der Waals surface area contributed by atoms with E-state index in [2.05, 4.69) is 35.2 Å². The van der Waals surface area contributed by atoms with Crippen LogP contribution in [0.25, 0.3) is 6.08 Å². The van der Waals surface area contributed by atoms with Crippen LogP contribution < -0.4 is 9.80 Å². The first-order valence-corrected chi connectivity index (χ1v) is 11.9. The van der Waals surface area contributed by atoms with E-state index in [9.17, 15) is 13.6 Å². The van der Waals surface area contributed by atoms with Crippen LogP contribution in [0, 0.1) is 5.92 Å². The number of halogens is 2. The number of piperazine rings is 1. The molecule has 4 heterocycles. The minimum Gasteiger partial charge on any atom is -0.364 e. The lowest BCUT2D eigenvalue weighted by Gasteiger charge is -2.55. The van der Waals surface area contributed by atoms with Gasteiger partial charge in [0.15, 0.2) is 0 Å². The Morgan fingerprint density at radius 1 is 1.27 bits per heavy atom. The highest BCUT2D eigenvalue weighted by Gasteiger charge is 2.44. The van der Waals surface area contributed by atoms with Crippen molar-refractivity contribution in [3.63, 3.8) is 0 Å². The zero-order valence-electron chi connectivity index (χ0n) is 19.9. The smallest absolute Gasteiger partial charge is 0.281 e. The lowest BCUT2D eigenvalue weighted by atomic mass is 9.90. The predicted octanol–water partition coefficient (Wildman–Crippen LogP) is 3.81. The molecule has 0 saturated carbocycles. The fourth-order valence-electron chi connectivity index (χ4n) is 5.06. The van der Waals surface area contributed by atoms with Crippen LogP contribution in [0.2, 0.25) is 0 Å². The molecular weight excluding hydrogens is 424 g/mol. The monoisotopic (exact) mass is 459 g/mol. The second-order valence-electron chi connectivity index (χ2n) is 9.69. The molecule has 3 aliphatic rings. The normalized spacial score (nSPS) is 22.6. The Morgan fingerprint density at radius 3 is 2.64 bits per heavy atom. The number of hydrogen-bond donors (Lipinski definition) is 0. The molecule has 2 atom stereocenters. The number of carbonyl (C=O) groups is 1. The summed E-state index contributed by atoms with van der Waals surface area (Å²) in [5.41, 5.74) is 1.28. The highest BCUT2D eigenvalue weighted by atomic mass is 19.3. The lowest BCUT2D eigenvalue weighted by molar-refractivity contribution is -0.128. The highest BCUT2D eigenvalue weighted by Crippen LogP contribution is 2.42. The van der Waals surface area contributed by atoms with E-state index in [4.69, 9.17) is 0 Å². The first-order chi connectivity index (χ1) is 15.8. The zero-order valence-corrected chi connectivity index (χ0v) is 19.9. The van der Waals surface area contributed by atoms with E-state index in [-0.39, 0.29) is 17.6 Å². The molecule has 0 spiro atoms. The summed E-state index contributed by atoms with van der Waals surface area (Å²) < 4.78 is 28.0. The standard InChI is InChI=1S/C25H35F2N5O/c1-5-23(33)31-13-11-30(12-14-31)21-16-32-19(21)8-6-7-18-20(32)15-22(28-24(18)25(26)27)29(4)10-9-17(2)3/h5-7,15,17,19,21,25H,1,8-14,16H2,2-4H3/t19-,21+/m0/s1. The number of pyridine rings is 1. The number of fused-ring (bicyclic) bond motifs is 3. The number of amides is 1. The topological polar surface area (TPSA) is 42.9 Å². The number of alkyl halides is 2. The Hall–Kier alpha value is -2.48. The Kier molecular flexibility index (Phi) is 7.02. The Morgan fingerprint density at radius 2 is 2.00 bits per heavy atom. The van der Waals surface area contributed by atoms with Gasteiger partial charge in [0, 0.05) is 70.0 Å². The molecule has 33 heavy (non-hydrogen) atoms. The zero-order chi connectivity index (χ0) is 23.7. The van der Waals surface area contributed by atoms with Gasteiger partial charge in [-0.1, -0.05) is 32.6 Å². The molecule has 6 nitrogen and oxygen atoms in total. The fourth-order valence-corrected chi connectivity index (χ4v) is 5.06. The largest absolute Gasteiger partial charge is 0.364 e. The van der Waals surface area contributed by atoms with Gasteiger partial charge in [-0.15, -0.1) is 0 Å². The van der Waals surface area contributed by atoms with Gasteiger partial charge in [0.05, 0.1) is 5.69 Å². The van der Waals surface area contributed by atoms with E-state index in [1.807, 2.05) is 35.1 Å². The van der Waals surface area contributed by atoms with Crippen molar-refractivity contribution in [3.8, 4) is 0 Å². The molecule has 0 unspecified atom stereocenters. The fraction of sp³-hybridized carbons (Fsp3) is 0.600. The molecule has 2 saturated heterocycles. The summed E-state index contributed by atoms with van der Waals surface area (Å²) in [6.45, 7) is 12.5. The summed E-state index contributed by atoms with van der Waals surface area (Å²) in [6, 6.07) is 2.58. The summed E-state index contributed by atoms with van der Waals surface area (Å²) in [6.07, 6.45) is 4.39. The molecule has 180 valence electrons. The quantitative estimate of drug-likeness (QED) is 0.581. The second kappa shape index (κ2) is 9.79. The molecule has 1 aromatic heterocycles. The van der Waals surface area contributed by atoms with Crippen LogP contribution >= 0.6 is 0 Å². The molecule has 0 radical (unpaired) electrons. The average Bonchev–Trinajstić information content (AvgIpc) is 2.92. The van der Waals surface area contributed by atoms with Crippen LogP contribution in [-0.4, -0.2) is 79.1 Å². The summed E-state index contributed by atoms with van der Waals surface area (Å²) in [5, 5.41) is 0. The van der Waals surface area contributed by atoms with Gasteiger partial charge in [0.25, 0.3) is 6.43 Å². The van der Waals surface area contributed by atoms with Crippen LogP contribution in [0.3, 0.4) is 0 Å². The predicted molar refractivity (Wildman–Crippen MR) is 129 cm³/mol. The van der Waals surface area contributed by atoms with Crippen LogP contribution in [0.1, 0.15) is 44.4 Å². The molecule has 4 rings (SSSR count). The second-order valence-corrected chi connectivity index (χ2v) is 9.69.